The van der Waals surface area contributed by atoms with Gasteiger partial charge in [-0.05, 0) is 62.3 Å². The number of amides is 1. The molecule has 10 heteroatoms. The van der Waals surface area contributed by atoms with Crippen molar-refractivity contribution in [1.82, 2.24) is 9.88 Å². The van der Waals surface area contributed by atoms with E-state index in [2.05, 4.69) is 9.88 Å². The van der Waals surface area contributed by atoms with Gasteiger partial charge in [-0.1, -0.05) is 29.3 Å². The lowest BCUT2D eigenvalue weighted by Gasteiger charge is -2.45. The number of rotatable bonds is 6. The van der Waals surface area contributed by atoms with Gasteiger partial charge < -0.3 is 19.1 Å². The van der Waals surface area contributed by atoms with Crippen LogP contribution in [0.25, 0.3) is 0 Å². The number of nitrogens with zero attached hydrogens (tertiary/aromatic N) is 3. The molecule has 1 saturated heterocycles. The van der Waals surface area contributed by atoms with E-state index in [0.717, 1.165) is 5.82 Å². The fraction of sp³-hybridized carbons (Fsp3) is 0.409. The van der Waals surface area contributed by atoms with Crippen molar-refractivity contribution in [2.45, 2.75) is 37.8 Å². The minimum atomic E-state index is -1.65. The van der Waals surface area contributed by atoms with Crippen LogP contribution in [0.15, 0.2) is 41.3 Å². The third kappa shape index (κ3) is 5.49. The van der Waals surface area contributed by atoms with Gasteiger partial charge >= 0.3 is 5.97 Å². The Morgan fingerprint density at radius 2 is 1.94 bits per heavy atom. The van der Waals surface area contributed by atoms with Crippen molar-refractivity contribution in [3.8, 4) is 0 Å². The van der Waals surface area contributed by atoms with Gasteiger partial charge in [0, 0.05) is 30.7 Å². The standard InChI is InChI=1S/C22H25Cl2N3O4S/c1-4-31-21(28)13-32(30)18-9-8-16(12-17(18)23)22(29)27-11-10-26(14(2)15(27)3)20-7-5-6-19(24)25-20/h5-9,12,14-15H,4,10-11,13H2,1-3H3/t14?,15-,32?/m0/s1. The lowest BCUT2D eigenvalue weighted by atomic mass is 10.0. The minimum absolute atomic E-state index is 0.0190. The molecule has 1 amide bonds. The second-order valence-electron chi connectivity index (χ2n) is 7.43. The second kappa shape index (κ2) is 10.7. The van der Waals surface area contributed by atoms with E-state index in [-0.39, 0.29) is 35.4 Å². The summed E-state index contributed by atoms with van der Waals surface area (Å²) in [6, 6.07) is 10.0. The topological polar surface area (TPSA) is 85.8 Å². The minimum Gasteiger partial charge on any atom is -0.611 e. The zero-order chi connectivity index (χ0) is 23.4. The largest absolute Gasteiger partial charge is 0.611 e. The highest BCUT2D eigenvalue weighted by Crippen LogP contribution is 2.28. The Balaban J connectivity index is 1.72. The number of piperazine rings is 1. The molecule has 3 rings (SSSR count). The van der Waals surface area contributed by atoms with Crippen LogP contribution in [0.4, 0.5) is 5.82 Å². The van der Waals surface area contributed by atoms with Gasteiger partial charge in [0.2, 0.25) is 5.75 Å². The number of hydrogen-bond acceptors (Lipinski definition) is 6. The summed E-state index contributed by atoms with van der Waals surface area (Å²) >= 11 is 10.7. The Labute approximate surface area is 200 Å². The predicted molar refractivity (Wildman–Crippen MR) is 126 cm³/mol. The SMILES string of the molecule is CCOC(=O)C[S+]([O-])c1ccc(C(=O)N2CCN(c3cccc(Cl)n3)C(C)[C@@H]2C)cc1Cl. The maximum Gasteiger partial charge on any atom is 0.356 e. The monoisotopic (exact) mass is 497 g/mol. The molecule has 3 atom stereocenters. The summed E-state index contributed by atoms with van der Waals surface area (Å²) in [6.45, 7) is 7.05. The van der Waals surface area contributed by atoms with Crippen LogP contribution in [-0.4, -0.2) is 63.8 Å². The highest BCUT2D eigenvalue weighted by Gasteiger charge is 2.35. The average Bonchev–Trinajstić information content (AvgIpc) is 2.75. The molecule has 0 spiro atoms. The number of pyridine rings is 1. The summed E-state index contributed by atoms with van der Waals surface area (Å²) in [5.74, 6) is -0.223. The fourth-order valence-electron chi connectivity index (χ4n) is 3.68. The first-order valence-corrected chi connectivity index (χ1v) is 12.3. The molecule has 0 aliphatic carbocycles. The Morgan fingerprint density at radius 1 is 1.19 bits per heavy atom. The summed E-state index contributed by atoms with van der Waals surface area (Å²) in [4.78, 5) is 33.4. The first-order valence-electron chi connectivity index (χ1n) is 10.3. The molecule has 2 heterocycles. The lowest BCUT2D eigenvalue weighted by molar-refractivity contribution is -0.139. The first kappa shape index (κ1) is 24.6. The smallest absolute Gasteiger partial charge is 0.356 e. The molecule has 0 saturated carbocycles. The number of halogens is 2. The van der Waals surface area contributed by atoms with E-state index in [1.807, 2.05) is 26.0 Å². The Morgan fingerprint density at radius 3 is 2.59 bits per heavy atom. The van der Waals surface area contributed by atoms with E-state index < -0.39 is 17.1 Å². The highest BCUT2D eigenvalue weighted by atomic mass is 35.5. The molecule has 1 fully saturated rings. The van der Waals surface area contributed by atoms with E-state index in [9.17, 15) is 14.1 Å². The van der Waals surface area contributed by atoms with Crippen LogP contribution in [0.2, 0.25) is 10.2 Å². The molecule has 32 heavy (non-hydrogen) atoms. The molecule has 2 aromatic rings. The molecule has 0 bridgehead atoms. The molecule has 1 aromatic carbocycles. The summed E-state index contributed by atoms with van der Waals surface area (Å²) in [5, 5.41) is 0.608. The molecular formula is C22H25Cl2N3O4S. The number of aromatic nitrogens is 1. The molecular weight excluding hydrogens is 473 g/mol. The molecule has 1 aliphatic rings. The molecule has 1 aliphatic heterocycles. The number of hydrogen-bond donors (Lipinski definition) is 0. The maximum atomic E-state index is 13.2. The molecule has 0 radical (unpaired) electrons. The van der Waals surface area contributed by atoms with Gasteiger partial charge in [0.15, 0.2) is 4.90 Å². The molecule has 1 aromatic heterocycles. The van der Waals surface area contributed by atoms with Crippen LogP contribution in [0.1, 0.15) is 31.1 Å². The van der Waals surface area contributed by atoms with Gasteiger partial charge in [-0.25, -0.2) is 9.78 Å². The fourth-order valence-corrected chi connectivity index (χ4v) is 5.23. The van der Waals surface area contributed by atoms with Crippen LogP contribution in [-0.2, 0) is 20.7 Å². The van der Waals surface area contributed by atoms with E-state index in [0.29, 0.717) is 28.7 Å². The van der Waals surface area contributed by atoms with Crippen molar-refractivity contribution >= 4 is 52.1 Å². The normalized spacial score (nSPS) is 19.6. The van der Waals surface area contributed by atoms with Crippen molar-refractivity contribution in [2.75, 3.05) is 30.3 Å². The van der Waals surface area contributed by atoms with Gasteiger partial charge in [0.05, 0.1) is 11.6 Å². The van der Waals surface area contributed by atoms with E-state index >= 15 is 0 Å². The summed E-state index contributed by atoms with van der Waals surface area (Å²) in [7, 11) is 0. The number of esters is 1. The number of carbonyl (C=O) groups excluding carboxylic acids is 2. The van der Waals surface area contributed by atoms with Crippen molar-refractivity contribution in [3.63, 3.8) is 0 Å². The predicted octanol–water partition coefficient (Wildman–Crippen LogP) is 3.80. The third-order valence-electron chi connectivity index (χ3n) is 5.50. The molecule has 172 valence electrons. The van der Waals surface area contributed by atoms with Gasteiger partial charge in [-0.2, -0.15) is 0 Å². The van der Waals surface area contributed by atoms with Crippen molar-refractivity contribution in [2.24, 2.45) is 0 Å². The zero-order valence-corrected chi connectivity index (χ0v) is 20.4. The molecule has 0 N–H and O–H groups in total. The summed E-state index contributed by atoms with van der Waals surface area (Å²) < 4.78 is 17.3. The number of anilines is 1. The summed E-state index contributed by atoms with van der Waals surface area (Å²) in [6.07, 6.45) is 0. The number of benzene rings is 1. The molecule has 7 nitrogen and oxygen atoms in total. The van der Waals surface area contributed by atoms with E-state index in [4.69, 9.17) is 27.9 Å². The Bertz CT molecular complexity index is 993. The summed E-state index contributed by atoms with van der Waals surface area (Å²) in [5.41, 5.74) is 0.403. The van der Waals surface area contributed by atoms with Gasteiger partial charge in [-0.15, -0.1) is 0 Å². The van der Waals surface area contributed by atoms with Gasteiger partial charge in [0.1, 0.15) is 11.0 Å². The van der Waals surface area contributed by atoms with E-state index in [1.54, 1.807) is 24.0 Å². The quantitative estimate of drug-likeness (QED) is 0.342. The van der Waals surface area contributed by atoms with Crippen LogP contribution in [0.5, 0.6) is 0 Å². The van der Waals surface area contributed by atoms with Crippen molar-refractivity contribution in [1.29, 1.82) is 0 Å². The lowest BCUT2D eigenvalue weighted by Crippen LogP contribution is -2.59. The van der Waals surface area contributed by atoms with Gasteiger partial charge in [0.25, 0.3) is 5.91 Å². The molecule has 2 unspecified atom stereocenters. The third-order valence-corrected chi connectivity index (χ3v) is 7.48. The maximum absolute atomic E-state index is 13.2. The Hall–Kier alpha value is -2.00. The van der Waals surface area contributed by atoms with Crippen molar-refractivity contribution in [3.05, 3.63) is 52.1 Å². The zero-order valence-electron chi connectivity index (χ0n) is 18.1. The van der Waals surface area contributed by atoms with Crippen LogP contribution >= 0.6 is 23.2 Å². The van der Waals surface area contributed by atoms with E-state index in [1.165, 1.54) is 12.1 Å². The average molecular weight is 498 g/mol. The first-order chi connectivity index (χ1) is 15.2. The second-order valence-corrected chi connectivity index (χ2v) is 9.65. The highest BCUT2D eigenvalue weighted by molar-refractivity contribution is 7.92. The van der Waals surface area contributed by atoms with Crippen LogP contribution < -0.4 is 4.90 Å². The number of ether oxygens (including phenoxy) is 1. The van der Waals surface area contributed by atoms with Crippen LogP contribution in [0, 0.1) is 0 Å². The Kier molecular flexibility index (Phi) is 8.27. The van der Waals surface area contributed by atoms with Crippen LogP contribution in [0.3, 0.4) is 0 Å². The van der Waals surface area contributed by atoms with Gasteiger partial charge in [-0.3, -0.25) is 4.79 Å². The number of carbonyl (C=O) groups is 2. The van der Waals surface area contributed by atoms with Crippen molar-refractivity contribution < 1.29 is 18.9 Å².